The lowest BCUT2D eigenvalue weighted by molar-refractivity contribution is -0.122. The molecule has 7 heteroatoms. The van der Waals surface area contributed by atoms with Crippen molar-refractivity contribution in [2.24, 2.45) is 0 Å². The van der Waals surface area contributed by atoms with Gasteiger partial charge in [0.05, 0.1) is 12.8 Å². The summed E-state index contributed by atoms with van der Waals surface area (Å²) < 4.78 is 25.2. The van der Waals surface area contributed by atoms with Gasteiger partial charge in [0.1, 0.15) is 0 Å². The number of carbonyl (C=O) groups excluding carboxylic acids is 1. The van der Waals surface area contributed by atoms with Crippen LogP contribution in [0.5, 0.6) is 0 Å². The maximum atomic E-state index is 12.1. The van der Waals surface area contributed by atoms with Gasteiger partial charge in [0, 0.05) is 25.7 Å². The van der Waals surface area contributed by atoms with Gasteiger partial charge in [-0.3, -0.25) is 9.69 Å². The average molecular weight is 396 g/mol. The summed E-state index contributed by atoms with van der Waals surface area (Å²) in [5, 5.41) is 2.98. The minimum Gasteiger partial charge on any atom is -0.355 e. The van der Waals surface area contributed by atoms with E-state index in [1.807, 2.05) is 0 Å². The molecule has 0 radical (unpaired) electrons. The van der Waals surface area contributed by atoms with Gasteiger partial charge in [-0.25, -0.2) is 13.1 Å². The molecule has 0 spiro atoms. The second-order valence-electron chi connectivity index (χ2n) is 8.49. The monoisotopic (exact) mass is 395 g/mol. The molecule has 152 valence electrons. The van der Waals surface area contributed by atoms with Gasteiger partial charge in [-0.15, -0.1) is 0 Å². The number of benzene rings is 1. The van der Waals surface area contributed by atoms with E-state index >= 15 is 0 Å². The van der Waals surface area contributed by atoms with Crippen molar-refractivity contribution >= 4 is 15.9 Å². The van der Waals surface area contributed by atoms with Crippen molar-refractivity contribution < 1.29 is 13.2 Å². The van der Waals surface area contributed by atoms with Crippen molar-refractivity contribution in [3.05, 3.63) is 35.4 Å². The summed E-state index contributed by atoms with van der Waals surface area (Å²) in [7, 11) is -3.16. The molecular weight excluding hydrogens is 362 g/mol. The highest BCUT2D eigenvalue weighted by Crippen LogP contribution is 2.22. The van der Waals surface area contributed by atoms with Gasteiger partial charge < -0.3 is 5.32 Å². The molecule has 1 aromatic carbocycles. The van der Waals surface area contributed by atoms with Crippen molar-refractivity contribution in [3.8, 4) is 0 Å². The smallest absolute Gasteiger partial charge is 0.234 e. The van der Waals surface area contributed by atoms with E-state index in [0.29, 0.717) is 13.1 Å². The average Bonchev–Trinajstić information content (AvgIpc) is 2.55. The first-order chi connectivity index (χ1) is 12.5. The van der Waals surface area contributed by atoms with Crippen molar-refractivity contribution in [3.63, 3.8) is 0 Å². The summed E-state index contributed by atoms with van der Waals surface area (Å²) in [5.74, 6) is 0.0239. The lowest BCUT2D eigenvalue weighted by atomic mass is 9.86. The van der Waals surface area contributed by atoms with Crippen LogP contribution in [0.3, 0.4) is 0 Å². The molecule has 0 unspecified atom stereocenters. The molecule has 2 N–H and O–H groups in total. The van der Waals surface area contributed by atoms with Crippen LogP contribution in [-0.2, 0) is 26.7 Å². The van der Waals surface area contributed by atoms with E-state index in [4.69, 9.17) is 0 Å². The number of hydrogen-bond donors (Lipinski definition) is 2. The van der Waals surface area contributed by atoms with Gasteiger partial charge in [-0.2, -0.15) is 0 Å². The van der Waals surface area contributed by atoms with Crippen molar-refractivity contribution in [1.82, 2.24) is 14.9 Å². The topological polar surface area (TPSA) is 78.5 Å². The molecule has 2 rings (SSSR count). The molecule has 1 aromatic rings. The Kier molecular flexibility index (Phi) is 7.42. The first-order valence-electron chi connectivity index (χ1n) is 9.59. The summed E-state index contributed by atoms with van der Waals surface area (Å²) in [5.41, 5.74) is 2.68. The van der Waals surface area contributed by atoms with Crippen LogP contribution in [0.25, 0.3) is 0 Å². The molecule has 0 atom stereocenters. The molecule has 0 bridgehead atoms. The zero-order valence-corrected chi connectivity index (χ0v) is 17.7. The van der Waals surface area contributed by atoms with Crippen molar-refractivity contribution in [2.75, 3.05) is 32.4 Å². The first kappa shape index (κ1) is 21.9. The largest absolute Gasteiger partial charge is 0.355 e. The maximum absolute atomic E-state index is 12.1. The van der Waals surface area contributed by atoms with E-state index in [9.17, 15) is 13.2 Å². The fourth-order valence-corrected chi connectivity index (χ4v) is 4.13. The van der Waals surface area contributed by atoms with Gasteiger partial charge >= 0.3 is 0 Å². The zero-order chi connectivity index (χ0) is 20.1. The van der Waals surface area contributed by atoms with E-state index in [1.54, 1.807) is 0 Å². The Morgan fingerprint density at radius 1 is 1.15 bits per heavy atom. The molecule has 0 aliphatic carbocycles. The maximum Gasteiger partial charge on any atom is 0.234 e. The Balaban J connectivity index is 1.67. The van der Waals surface area contributed by atoms with Crippen LogP contribution in [0.15, 0.2) is 24.3 Å². The van der Waals surface area contributed by atoms with Crippen molar-refractivity contribution in [2.45, 2.75) is 51.5 Å². The number of likely N-dealkylation sites (tertiary alicyclic amines) is 1. The molecule has 1 saturated heterocycles. The highest BCUT2D eigenvalue weighted by atomic mass is 32.2. The van der Waals surface area contributed by atoms with E-state index in [0.717, 1.165) is 32.4 Å². The van der Waals surface area contributed by atoms with Gasteiger partial charge in [-0.1, -0.05) is 45.0 Å². The highest BCUT2D eigenvalue weighted by molar-refractivity contribution is 7.88. The minimum atomic E-state index is -3.16. The zero-order valence-electron chi connectivity index (χ0n) is 16.9. The molecule has 1 fully saturated rings. The number of nitrogens with one attached hydrogen (secondary N) is 2. The predicted molar refractivity (Wildman–Crippen MR) is 109 cm³/mol. The number of hydrogen-bond acceptors (Lipinski definition) is 4. The van der Waals surface area contributed by atoms with E-state index in [2.05, 4.69) is 60.0 Å². The number of sulfonamides is 1. The molecular formula is C20H33N3O3S. The number of carbonyl (C=O) groups is 1. The minimum absolute atomic E-state index is 0.0182. The van der Waals surface area contributed by atoms with Crippen LogP contribution in [-0.4, -0.2) is 57.7 Å². The van der Waals surface area contributed by atoms with Gasteiger partial charge in [-0.05, 0) is 35.8 Å². The van der Waals surface area contributed by atoms with Crippen LogP contribution >= 0.6 is 0 Å². The quantitative estimate of drug-likeness (QED) is 0.736. The molecule has 0 aromatic heterocycles. The second-order valence-corrected chi connectivity index (χ2v) is 10.3. The van der Waals surface area contributed by atoms with Crippen LogP contribution < -0.4 is 10.0 Å². The van der Waals surface area contributed by atoms with Gasteiger partial charge in [0.2, 0.25) is 15.9 Å². The normalized spacial score (nSPS) is 17.0. The number of rotatable bonds is 7. The molecule has 27 heavy (non-hydrogen) atoms. The number of amides is 1. The third-order valence-corrected chi connectivity index (χ3v) is 5.65. The molecule has 1 aliphatic heterocycles. The summed E-state index contributed by atoms with van der Waals surface area (Å²) in [4.78, 5) is 14.2. The molecule has 1 aliphatic rings. The summed E-state index contributed by atoms with van der Waals surface area (Å²) in [6.45, 7) is 9.05. The number of piperidine rings is 1. The molecule has 0 saturated carbocycles. The predicted octanol–water partition coefficient (Wildman–Crippen LogP) is 1.66. The van der Waals surface area contributed by atoms with Crippen LogP contribution in [0, 0.1) is 0 Å². The molecule has 6 nitrogen and oxygen atoms in total. The second kappa shape index (κ2) is 9.17. The van der Waals surface area contributed by atoms with Crippen LogP contribution in [0.1, 0.15) is 44.7 Å². The Morgan fingerprint density at radius 2 is 1.74 bits per heavy atom. The summed E-state index contributed by atoms with van der Waals surface area (Å²) >= 11 is 0. The number of nitrogens with zero attached hydrogens (tertiary/aromatic N) is 1. The van der Waals surface area contributed by atoms with Crippen LogP contribution in [0.4, 0.5) is 0 Å². The molecule has 1 heterocycles. The fourth-order valence-electron chi connectivity index (χ4n) is 3.29. The summed E-state index contributed by atoms with van der Waals surface area (Å²) in [6, 6.07) is 8.56. The standard InChI is InChI=1S/C20H33N3O3S/c1-20(2,3)17-7-5-16(6-8-17)9-12-21-19(24)15-23-13-10-18(11-14-23)22-27(4,25)26/h5-8,18,22H,9-15H2,1-4H3,(H,21,24). The lowest BCUT2D eigenvalue weighted by Crippen LogP contribution is -2.47. The first-order valence-corrected chi connectivity index (χ1v) is 11.5. The van der Waals surface area contributed by atoms with Gasteiger partial charge in [0.25, 0.3) is 0 Å². The highest BCUT2D eigenvalue weighted by Gasteiger charge is 2.22. The third-order valence-electron chi connectivity index (χ3n) is 4.89. The van der Waals surface area contributed by atoms with E-state index < -0.39 is 10.0 Å². The van der Waals surface area contributed by atoms with E-state index in [1.165, 1.54) is 17.4 Å². The Labute approximate surface area is 163 Å². The van der Waals surface area contributed by atoms with E-state index in [-0.39, 0.29) is 17.4 Å². The Hall–Kier alpha value is -1.44. The third kappa shape index (κ3) is 7.99. The Morgan fingerprint density at radius 3 is 2.26 bits per heavy atom. The van der Waals surface area contributed by atoms with Crippen LogP contribution in [0.2, 0.25) is 0 Å². The Bertz CT molecular complexity index is 716. The lowest BCUT2D eigenvalue weighted by Gasteiger charge is -2.31. The van der Waals surface area contributed by atoms with Gasteiger partial charge in [0.15, 0.2) is 0 Å². The van der Waals surface area contributed by atoms with Crippen molar-refractivity contribution in [1.29, 1.82) is 0 Å². The fraction of sp³-hybridized carbons (Fsp3) is 0.650. The molecule has 1 amide bonds. The summed E-state index contributed by atoms with van der Waals surface area (Å²) in [6.07, 6.45) is 3.47. The SMILES string of the molecule is CC(C)(C)c1ccc(CCNC(=O)CN2CCC(NS(C)(=O)=O)CC2)cc1.